The highest BCUT2D eigenvalue weighted by atomic mass is 32.1. The van der Waals surface area contributed by atoms with Gasteiger partial charge >= 0.3 is 0 Å². The van der Waals surface area contributed by atoms with E-state index in [0.29, 0.717) is 5.41 Å². The van der Waals surface area contributed by atoms with Gasteiger partial charge in [-0.25, -0.2) is 4.98 Å². The second-order valence-corrected chi connectivity index (χ2v) is 5.64. The molecule has 1 nitrogen and oxygen atoms in total. The number of fused-ring (bicyclic) bond motifs is 1. The van der Waals surface area contributed by atoms with Crippen LogP contribution in [-0.2, 0) is 18.3 Å². The third kappa shape index (κ3) is 1.52. The number of aromatic nitrogens is 1. The molecule has 0 fully saturated rings. The largest absolute Gasteiger partial charge is 0.245 e. The van der Waals surface area contributed by atoms with Crippen LogP contribution in [0.25, 0.3) is 0 Å². The molecule has 1 heterocycles. The second kappa shape index (κ2) is 3.09. The van der Waals surface area contributed by atoms with E-state index in [2.05, 4.69) is 20.8 Å². The predicted octanol–water partition coefficient (Wildman–Crippen LogP) is 3.32. The molecule has 72 valence electrons. The van der Waals surface area contributed by atoms with Gasteiger partial charge in [0.1, 0.15) is 0 Å². The Morgan fingerprint density at radius 3 is 2.85 bits per heavy atom. The van der Waals surface area contributed by atoms with E-state index in [4.69, 9.17) is 4.98 Å². The summed E-state index contributed by atoms with van der Waals surface area (Å²) in [5, 5.41) is 1.32. The smallest absolute Gasteiger partial charge is 0.0928 e. The molecule has 1 aromatic heterocycles. The Morgan fingerprint density at radius 2 is 2.23 bits per heavy atom. The summed E-state index contributed by atoms with van der Waals surface area (Å²) in [6, 6.07) is 0. The maximum absolute atomic E-state index is 4.74. The van der Waals surface area contributed by atoms with Crippen LogP contribution in [0.4, 0.5) is 0 Å². The monoisotopic (exact) mass is 195 g/mol. The van der Waals surface area contributed by atoms with Gasteiger partial charge in [-0.1, -0.05) is 20.8 Å². The van der Waals surface area contributed by atoms with Crippen molar-refractivity contribution < 1.29 is 0 Å². The van der Waals surface area contributed by atoms with Gasteiger partial charge in [-0.15, -0.1) is 11.3 Å². The Bertz CT molecular complexity index is 312. The number of aryl methyl sites for hydroxylation is 2. The van der Waals surface area contributed by atoms with Crippen molar-refractivity contribution in [1.29, 1.82) is 0 Å². The molecule has 0 unspecified atom stereocenters. The lowest BCUT2D eigenvalue weighted by Crippen LogP contribution is -2.23. The van der Waals surface area contributed by atoms with Crippen molar-refractivity contribution in [3.8, 4) is 0 Å². The van der Waals surface area contributed by atoms with Crippen molar-refractivity contribution in [2.75, 3.05) is 0 Å². The molecule has 0 bridgehead atoms. The number of hydrogen-bond donors (Lipinski definition) is 0. The number of nitrogens with zero attached hydrogens (tertiary/aromatic N) is 1. The zero-order valence-corrected chi connectivity index (χ0v) is 9.50. The third-order valence-corrected chi connectivity index (χ3v) is 4.15. The maximum Gasteiger partial charge on any atom is 0.0928 e. The Balaban J connectivity index is 2.44. The summed E-state index contributed by atoms with van der Waals surface area (Å²) >= 11 is 1.93. The number of thiazole rings is 1. The summed E-state index contributed by atoms with van der Waals surface area (Å²) in [5.41, 5.74) is 1.72. The fourth-order valence-electron chi connectivity index (χ4n) is 2.06. The average molecular weight is 195 g/mol. The Labute approximate surface area is 84.2 Å². The fourth-order valence-corrected chi connectivity index (χ4v) is 3.29. The summed E-state index contributed by atoms with van der Waals surface area (Å²) in [5.74, 6) is 0. The molecule has 0 spiro atoms. The number of hydrogen-bond acceptors (Lipinski definition) is 2. The van der Waals surface area contributed by atoms with Crippen LogP contribution in [0.15, 0.2) is 0 Å². The van der Waals surface area contributed by atoms with Gasteiger partial charge in [-0.05, 0) is 25.7 Å². The Morgan fingerprint density at radius 1 is 1.46 bits per heavy atom. The molecule has 0 N–H and O–H groups in total. The SMILES string of the molecule is CCc1nc2c(s1)CCCC2(C)C. The second-order valence-electron chi connectivity index (χ2n) is 4.47. The highest BCUT2D eigenvalue weighted by Crippen LogP contribution is 2.38. The van der Waals surface area contributed by atoms with Crippen LogP contribution in [0.3, 0.4) is 0 Å². The molecule has 0 aliphatic heterocycles. The van der Waals surface area contributed by atoms with Crippen LogP contribution in [0.1, 0.15) is 49.2 Å². The molecular formula is C11H17NS. The molecule has 2 heteroatoms. The van der Waals surface area contributed by atoms with Gasteiger partial charge < -0.3 is 0 Å². The van der Waals surface area contributed by atoms with E-state index < -0.39 is 0 Å². The first-order valence-electron chi connectivity index (χ1n) is 5.12. The molecule has 2 rings (SSSR count). The summed E-state index contributed by atoms with van der Waals surface area (Å²) in [7, 11) is 0. The Hall–Kier alpha value is -0.370. The molecule has 0 amide bonds. The van der Waals surface area contributed by atoms with Crippen molar-refractivity contribution in [2.24, 2.45) is 0 Å². The normalized spacial score (nSPS) is 19.9. The van der Waals surface area contributed by atoms with Crippen molar-refractivity contribution in [2.45, 2.75) is 51.9 Å². The molecule has 0 saturated carbocycles. The van der Waals surface area contributed by atoms with E-state index in [1.807, 2.05) is 11.3 Å². The van der Waals surface area contributed by atoms with E-state index in [-0.39, 0.29) is 0 Å². The molecule has 13 heavy (non-hydrogen) atoms. The molecule has 0 radical (unpaired) electrons. The van der Waals surface area contributed by atoms with Crippen LogP contribution >= 0.6 is 11.3 Å². The minimum Gasteiger partial charge on any atom is -0.245 e. The summed E-state index contributed by atoms with van der Waals surface area (Å²) in [6.45, 7) is 6.84. The maximum atomic E-state index is 4.74. The molecule has 0 atom stereocenters. The molecule has 1 aromatic rings. The van der Waals surface area contributed by atoms with E-state index in [9.17, 15) is 0 Å². The van der Waals surface area contributed by atoms with Gasteiger partial charge in [0.15, 0.2) is 0 Å². The van der Waals surface area contributed by atoms with Crippen LogP contribution in [-0.4, -0.2) is 4.98 Å². The zero-order valence-electron chi connectivity index (χ0n) is 8.68. The molecular weight excluding hydrogens is 178 g/mol. The number of rotatable bonds is 1. The lowest BCUT2D eigenvalue weighted by Gasteiger charge is -2.28. The van der Waals surface area contributed by atoms with E-state index in [1.165, 1.54) is 30.0 Å². The summed E-state index contributed by atoms with van der Waals surface area (Å²) in [4.78, 5) is 6.29. The van der Waals surface area contributed by atoms with Gasteiger partial charge in [0, 0.05) is 10.3 Å². The fraction of sp³-hybridized carbons (Fsp3) is 0.727. The lowest BCUT2D eigenvalue weighted by atomic mass is 9.79. The van der Waals surface area contributed by atoms with Gasteiger partial charge in [0.25, 0.3) is 0 Å². The minimum atomic E-state index is 0.331. The van der Waals surface area contributed by atoms with Crippen molar-refractivity contribution in [3.05, 3.63) is 15.6 Å². The highest BCUT2D eigenvalue weighted by Gasteiger charge is 2.30. The van der Waals surface area contributed by atoms with Crippen molar-refractivity contribution in [1.82, 2.24) is 4.98 Å². The first kappa shape index (κ1) is 9.20. The van der Waals surface area contributed by atoms with Crippen LogP contribution in [0, 0.1) is 0 Å². The molecule has 1 aliphatic carbocycles. The molecule has 0 aromatic carbocycles. The van der Waals surface area contributed by atoms with Crippen molar-refractivity contribution >= 4 is 11.3 Å². The van der Waals surface area contributed by atoms with Gasteiger partial charge in [-0.2, -0.15) is 0 Å². The van der Waals surface area contributed by atoms with Gasteiger partial charge in [0.2, 0.25) is 0 Å². The first-order chi connectivity index (χ1) is 6.13. The third-order valence-electron chi connectivity index (χ3n) is 2.89. The van der Waals surface area contributed by atoms with Crippen molar-refractivity contribution in [3.63, 3.8) is 0 Å². The van der Waals surface area contributed by atoms with Gasteiger partial charge in [0.05, 0.1) is 10.7 Å². The van der Waals surface area contributed by atoms with E-state index in [0.717, 1.165) is 6.42 Å². The van der Waals surface area contributed by atoms with E-state index >= 15 is 0 Å². The summed E-state index contributed by atoms with van der Waals surface area (Å²) in [6.07, 6.45) is 4.99. The topological polar surface area (TPSA) is 12.9 Å². The quantitative estimate of drug-likeness (QED) is 0.670. The lowest BCUT2D eigenvalue weighted by molar-refractivity contribution is 0.423. The summed E-state index contributed by atoms with van der Waals surface area (Å²) < 4.78 is 0. The zero-order chi connectivity index (χ0) is 9.47. The molecule has 0 saturated heterocycles. The standard InChI is InChI=1S/C11H17NS/c1-4-9-12-10-8(13-9)6-5-7-11(10,2)3/h4-7H2,1-3H3. The van der Waals surface area contributed by atoms with Crippen LogP contribution in [0.2, 0.25) is 0 Å². The Kier molecular flexibility index (Phi) is 2.18. The van der Waals surface area contributed by atoms with E-state index in [1.54, 1.807) is 4.88 Å². The first-order valence-corrected chi connectivity index (χ1v) is 5.94. The predicted molar refractivity (Wildman–Crippen MR) is 57.5 cm³/mol. The van der Waals surface area contributed by atoms with Gasteiger partial charge in [-0.3, -0.25) is 0 Å². The molecule has 1 aliphatic rings. The van der Waals surface area contributed by atoms with Crippen LogP contribution in [0.5, 0.6) is 0 Å². The average Bonchev–Trinajstić information content (AvgIpc) is 2.48. The minimum absolute atomic E-state index is 0.331. The van der Waals surface area contributed by atoms with Crippen LogP contribution < -0.4 is 0 Å². The highest BCUT2D eigenvalue weighted by molar-refractivity contribution is 7.11.